The van der Waals surface area contributed by atoms with E-state index in [2.05, 4.69) is 46.9 Å². The van der Waals surface area contributed by atoms with Gasteiger partial charge >= 0.3 is 0 Å². The van der Waals surface area contributed by atoms with Gasteiger partial charge < -0.3 is 15.2 Å². The van der Waals surface area contributed by atoms with Gasteiger partial charge in [0.05, 0.1) is 0 Å². The summed E-state index contributed by atoms with van der Waals surface area (Å²) >= 11 is 0. The van der Waals surface area contributed by atoms with E-state index in [-0.39, 0.29) is 29.1 Å². The van der Waals surface area contributed by atoms with Crippen molar-refractivity contribution in [1.82, 2.24) is 0 Å². The summed E-state index contributed by atoms with van der Waals surface area (Å²) in [6, 6.07) is 20.6. The van der Waals surface area contributed by atoms with Crippen LogP contribution in [0.15, 0.2) is 66.7 Å². The first kappa shape index (κ1) is 31.6. The molecule has 210 valence electrons. The van der Waals surface area contributed by atoms with Crippen molar-refractivity contribution in [2.45, 2.75) is 85.5 Å². The van der Waals surface area contributed by atoms with Crippen molar-refractivity contribution < 1.29 is 19.4 Å². The van der Waals surface area contributed by atoms with Gasteiger partial charge in [-0.2, -0.15) is 0 Å². The fraction of sp³-hybridized carbons (Fsp3) is 0.412. The van der Waals surface area contributed by atoms with Crippen LogP contribution in [0.1, 0.15) is 84.1 Å². The third kappa shape index (κ3) is 9.90. The standard InChI is InChI=1S/C32H39NO4.C2H6/c1-31(2,3)27-19-23(20-28(30(27)36)32(4,5)6)12-17-29(35)33-24-13-15-26(16-14-24)37-21-25(34)18-22-10-8-7-9-11-22;1-2/h7-11,13-16,19-20,36H,12,17-18,21H2,1-6H3,(H,33,35);1-2H3. The quantitative estimate of drug-likeness (QED) is 0.296. The molecule has 0 unspecified atom stereocenters. The largest absolute Gasteiger partial charge is 0.507 e. The van der Waals surface area contributed by atoms with Crippen molar-refractivity contribution in [3.8, 4) is 11.5 Å². The van der Waals surface area contributed by atoms with Gasteiger partial charge in [-0.05, 0) is 63.8 Å². The Kier molecular flexibility index (Phi) is 11.3. The van der Waals surface area contributed by atoms with Gasteiger partial charge in [-0.25, -0.2) is 0 Å². The average molecular weight is 532 g/mol. The zero-order valence-electron chi connectivity index (χ0n) is 24.9. The minimum atomic E-state index is -0.210. The lowest BCUT2D eigenvalue weighted by molar-refractivity contribution is -0.120. The number of benzene rings is 3. The van der Waals surface area contributed by atoms with Crippen LogP contribution >= 0.6 is 0 Å². The number of Topliss-reactive ketones (excluding diaryl/α,β-unsaturated/α-hetero) is 1. The van der Waals surface area contributed by atoms with Crippen LogP contribution in [0, 0.1) is 0 Å². The molecule has 5 heteroatoms. The number of ether oxygens (including phenoxy) is 1. The minimum absolute atomic E-state index is 0.000335. The van der Waals surface area contributed by atoms with Gasteiger partial charge in [0.15, 0.2) is 5.78 Å². The molecule has 5 nitrogen and oxygen atoms in total. The van der Waals surface area contributed by atoms with E-state index in [1.807, 2.05) is 56.3 Å². The molecule has 0 spiro atoms. The maximum atomic E-state index is 12.7. The molecule has 39 heavy (non-hydrogen) atoms. The van der Waals surface area contributed by atoms with Crippen molar-refractivity contribution in [2.24, 2.45) is 0 Å². The van der Waals surface area contributed by atoms with E-state index in [1.165, 1.54) is 0 Å². The Hall–Kier alpha value is -3.60. The van der Waals surface area contributed by atoms with Crippen LogP contribution in [-0.4, -0.2) is 23.4 Å². The van der Waals surface area contributed by atoms with E-state index < -0.39 is 0 Å². The van der Waals surface area contributed by atoms with E-state index in [1.54, 1.807) is 24.3 Å². The van der Waals surface area contributed by atoms with Gasteiger partial charge in [-0.1, -0.05) is 97.9 Å². The summed E-state index contributed by atoms with van der Waals surface area (Å²) in [5.41, 5.74) is 4.04. The van der Waals surface area contributed by atoms with E-state index in [0.29, 0.717) is 36.4 Å². The number of carbonyl (C=O) groups excluding carboxylic acids is 2. The summed E-state index contributed by atoms with van der Waals surface area (Å²) in [5, 5.41) is 13.8. The SMILES string of the molecule is CC.CC(C)(C)c1cc(CCC(=O)Nc2ccc(OCC(=O)Cc3ccccc3)cc2)cc(C(C)(C)C)c1O. The van der Waals surface area contributed by atoms with E-state index in [0.717, 1.165) is 22.3 Å². The highest BCUT2D eigenvalue weighted by Crippen LogP contribution is 2.40. The molecule has 0 bridgehead atoms. The third-order valence-corrected chi connectivity index (χ3v) is 6.21. The molecule has 3 aromatic rings. The summed E-state index contributed by atoms with van der Waals surface area (Å²) < 4.78 is 5.61. The van der Waals surface area contributed by atoms with E-state index in [4.69, 9.17) is 4.74 Å². The fourth-order valence-electron chi connectivity index (χ4n) is 4.14. The zero-order chi connectivity index (χ0) is 29.2. The van der Waals surface area contributed by atoms with Crippen LogP contribution in [-0.2, 0) is 33.3 Å². The van der Waals surface area contributed by atoms with E-state index >= 15 is 0 Å². The molecule has 2 N–H and O–H groups in total. The molecule has 0 fully saturated rings. The van der Waals surface area contributed by atoms with Gasteiger partial charge in [0.25, 0.3) is 0 Å². The van der Waals surface area contributed by atoms with Crippen LogP contribution < -0.4 is 10.1 Å². The zero-order valence-corrected chi connectivity index (χ0v) is 24.9. The number of aromatic hydroxyl groups is 1. The van der Waals surface area contributed by atoms with Crippen molar-refractivity contribution in [2.75, 3.05) is 11.9 Å². The van der Waals surface area contributed by atoms with Crippen LogP contribution in [0.3, 0.4) is 0 Å². The van der Waals surface area contributed by atoms with Crippen molar-refractivity contribution in [3.05, 3.63) is 89.0 Å². The molecular formula is C34H45NO4. The molecule has 3 aromatic carbocycles. The lowest BCUT2D eigenvalue weighted by atomic mass is 9.78. The Morgan fingerprint density at radius 2 is 1.33 bits per heavy atom. The number of ketones is 1. The normalized spacial score (nSPS) is 11.3. The number of amides is 1. The minimum Gasteiger partial charge on any atom is -0.507 e. The topological polar surface area (TPSA) is 75.6 Å². The molecule has 3 rings (SSSR count). The summed E-state index contributed by atoms with van der Waals surface area (Å²) in [6.07, 6.45) is 1.23. The number of anilines is 1. The van der Waals surface area contributed by atoms with Crippen LogP contribution in [0.5, 0.6) is 11.5 Å². The Balaban J connectivity index is 0.00000260. The van der Waals surface area contributed by atoms with Crippen LogP contribution in [0.25, 0.3) is 0 Å². The number of carbonyl (C=O) groups is 2. The summed E-state index contributed by atoms with van der Waals surface area (Å²) in [4.78, 5) is 24.8. The molecule has 0 radical (unpaired) electrons. The summed E-state index contributed by atoms with van der Waals surface area (Å²) in [6.45, 7) is 16.5. The van der Waals surface area contributed by atoms with Gasteiger partial charge in [0.1, 0.15) is 18.1 Å². The van der Waals surface area contributed by atoms with Crippen molar-refractivity contribution >= 4 is 17.4 Å². The predicted octanol–water partition coefficient (Wildman–Crippen LogP) is 7.78. The number of hydrogen-bond acceptors (Lipinski definition) is 4. The molecule has 0 heterocycles. The Morgan fingerprint density at radius 3 is 1.85 bits per heavy atom. The van der Waals surface area contributed by atoms with Gasteiger partial charge in [0, 0.05) is 18.5 Å². The smallest absolute Gasteiger partial charge is 0.224 e. The predicted molar refractivity (Wildman–Crippen MR) is 161 cm³/mol. The number of phenolic OH excluding ortho intramolecular Hbond substituents is 1. The lowest BCUT2D eigenvalue weighted by Crippen LogP contribution is -2.18. The number of aryl methyl sites for hydroxylation is 1. The van der Waals surface area contributed by atoms with Crippen molar-refractivity contribution in [1.29, 1.82) is 0 Å². The molecule has 0 aromatic heterocycles. The third-order valence-electron chi connectivity index (χ3n) is 6.21. The second kappa shape index (κ2) is 14.0. The molecular weight excluding hydrogens is 486 g/mol. The molecule has 0 atom stereocenters. The molecule has 0 aliphatic carbocycles. The van der Waals surface area contributed by atoms with E-state index in [9.17, 15) is 14.7 Å². The molecule has 1 amide bonds. The number of rotatable bonds is 9. The number of hydrogen-bond donors (Lipinski definition) is 2. The number of phenols is 1. The van der Waals surface area contributed by atoms with Gasteiger partial charge in [0.2, 0.25) is 5.91 Å². The maximum Gasteiger partial charge on any atom is 0.224 e. The Morgan fingerprint density at radius 1 is 0.795 bits per heavy atom. The second-order valence-electron chi connectivity index (χ2n) is 11.6. The highest BCUT2D eigenvalue weighted by molar-refractivity contribution is 5.91. The Labute approximate surface area is 234 Å². The molecule has 0 saturated heterocycles. The fourth-order valence-corrected chi connectivity index (χ4v) is 4.14. The lowest BCUT2D eigenvalue weighted by Gasteiger charge is -2.28. The number of nitrogens with one attached hydrogen (secondary N) is 1. The average Bonchev–Trinajstić information content (AvgIpc) is 2.88. The summed E-state index contributed by atoms with van der Waals surface area (Å²) in [7, 11) is 0. The maximum absolute atomic E-state index is 12.7. The first-order valence-electron chi connectivity index (χ1n) is 13.8. The van der Waals surface area contributed by atoms with Crippen molar-refractivity contribution in [3.63, 3.8) is 0 Å². The Bertz CT molecular complexity index is 1180. The monoisotopic (exact) mass is 531 g/mol. The first-order valence-corrected chi connectivity index (χ1v) is 13.8. The molecule has 0 aliphatic rings. The van der Waals surface area contributed by atoms with Crippen LogP contribution in [0.2, 0.25) is 0 Å². The van der Waals surface area contributed by atoms with Gasteiger partial charge in [-0.15, -0.1) is 0 Å². The summed E-state index contributed by atoms with van der Waals surface area (Å²) in [5.74, 6) is 0.835. The molecule has 0 saturated carbocycles. The second-order valence-corrected chi connectivity index (χ2v) is 11.6. The first-order chi connectivity index (χ1) is 18.3. The highest BCUT2D eigenvalue weighted by Gasteiger charge is 2.26. The highest BCUT2D eigenvalue weighted by atomic mass is 16.5. The molecule has 0 aliphatic heterocycles. The van der Waals surface area contributed by atoms with Crippen LogP contribution in [0.4, 0.5) is 5.69 Å². The van der Waals surface area contributed by atoms with Gasteiger partial charge in [-0.3, -0.25) is 9.59 Å².